The summed E-state index contributed by atoms with van der Waals surface area (Å²) in [4.78, 5) is 16.2. The van der Waals surface area contributed by atoms with E-state index in [4.69, 9.17) is 12.2 Å². The van der Waals surface area contributed by atoms with Gasteiger partial charge in [-0.15, -0.1) is 0 Å². The smallest absolute Gasteiger partial charge is 0.250 e. The van der Waals surface area contributed by atoms with Crippen LogP contribution in [0.3, 0.4) is 0 Å². The fourth-order valence-corrected chi connectivity index (χ4v) is 2.32. The number of nitrogens with one attached hydrogen (secondary N) is 1. The molecule has 0 bridgehead atoms. The first-order chi connectivity index (χ1) is 11.1. The minimum atomic E-state index is -0.364. The van der Waals surface area contributed by atoms with Gasteiger partial charge in [-0.25, -0.2) is 9.37 Å². The van der Waals surface area contributed by atoms with Gasteiger partial charge in [-0.3, -0.25) is 14.7 Å². The van der Waals surface area contributed by atoms with E-state index in [-0.39, 0.29) is 16.8 Å². The van der Waals surface area contributed by atoms with Crippen LogP contribution in [0.15, 0.2) is 60.9 Å². The van der Waals surface area contributed by atoms with Crippen molar-refractivity contribution in [1.82, 2.24) is 14.9 Å². The van der Waals surface area contributed by atoms with Crippen LogP contribution >= 0.6 is 12.2 Å². The Bertz CT molecular complexity index is 900. The summed E-state index contributed by atoms with van der Waals surface area (Å²) in [5.41, 5.74) is 2.34. The van der Waals surface area contributed by atoms with Gasteiger partial charge in [0.2, 0.25) is 5.91 Å². The minimum absolute atomic E-state index is 0.243. The highest BCUT2D eigenvalue weighted by Gasteiger charge is 2.07. The highest BCUT2D eigenvalue weighted by Crippen LogP contribution is 2.11. The van der Waals surface area contributed by atoms with Crippen molar-refractivity contribution in [2.24, 2.45) is 0 Å². The lowest BCUT2D eigenvalue weighted by Crippen LogP contribution is -2.32. The number of nitrogens with zero attached hydrogens (tertiary/aromatic N) is 2. The first-order valence-electron chi connectivity index (χ1n) is 6.84. The van der Waals surface area contributed by atoms with Crippen molar-refractivity contribution in [3.05, 3.63) is 72.3 Å². The summed E-state index contributed by atoms with van der Waals surface area (Å²) in [6.07, 6.45) is 4.50. The summed E-state index contributed by atoms with van der Waals surface area (Å²) in [6, 6.07) is 13.3. The molecule has 1 heterocycles. The Labute approximate surface area is 137 Å². The third-order valence-corrected chi connectivity index (χ3v) is 3.50. The molecule has 0 aliphatic carbocycles. The lowest BCUT2D eigenvalue weighted by atomic mass is 10.2. The highest BCUT2D eigenvalue weighted by molar-refractivity contribution is 7.80. The molecule has 114 valence electrons. The number of fused-ring (bicyclic) bond motifs is 1. The molecule has 6 heteroatoms. The summed E-state index contributed by atoms with van der Waals surface area (Å²) < 4.78 is 14.4. The molecule has 0 aliphatic rings. The van der Waals surface area contributed by atoms with Gasteiger partial charge in [0.15, 0.2) is 5.11 Å². The van der Waals surface area contributed by atoms with Crippen LogP contribution in [0.2, 0.25) is 0 Å². The molecule has 0 fully saturated rings. The van der Waals surface area contributed by atoms with Gasteiger partial charge in [0, 0.05) is 6.08 Å². The molecular weight excluding hydrogens is 313 g/mol. The van der Waals surface area contributed by atoms with E-state index in [2.05, 4.69) is 10.3 Å². The largest absolute Gasteiger partial charge is 0.299 e. The lowest BCUT2D eigenvalue weighted by molar-refractivity contribution is -0.115. The average molecular weight is 325 g/mol. The Kier molecular flexibility index (Phi) is 4.25. The molecule has 1 aromatic heterocycles. The van der Waals surface area contributed by atoms with Crippen LogP contribution in [-0.2, 0) is 4.79 Å². The topological polar surface area (TPSA) is 46.9 Å². The number of thiocarbonyl (C=S) groups is 1. The number of halogens is 1. The van der Waals surface area contributed by atoms with Crippen LogP contribution in [0.4, 0.5) is 4.39 Å². The Morgan fingerprint density at radius 1 is 1.17 bits per heavy atom. The van der Waals surface area contributed by atoms with E-state index in [1.807, 2.05) is 24.3 Å². The van der Waals surface area contributed by atoms with Crippen LogP contribution in [0.25, 0.3) is 17.1 Å². The molecule has 1 amide bonds. The van der Waals surface area contributed by atoms with Crippen molar-refractivity contribution in [3.63, 3.8) is 0 Å². The summed E-state index contributed by atoms with van der Waals surface area (Å²) in [5, 5.41) is 2.85. The van der Waals surface area contributed by atoms with E-state index in [0.717, 1.165) is 16.6 Å². The quantitative estimate of drug-likeness (QED) is 0.582. The molecule has 23 heavy (non-hydrogen) atoms. The summed E-state index contributed by atoms with van der Waals surface area (Å²) in [6.45, 7) is 0. The second kappa shape index (κ2) is 6.50. The van der Waals surface area contributed by atoms with Crippen LogP contribution in [0, 0.1) is 5.82 Å². The summed E-state index contributed by atoms with van der Waals surface area (Å²) in [5.74, 6) is -0.683. The number of hydrogen-bond donors (Lipinski definition) is 1. The molecular formula is C17H12FN3OS. The van der Waals surface area contributed by atoms with Gasteiger partial charge >= 0.3 is 0 Å². The average Bonchev–Trinajstić information content (AvgIpc) is 2.98. The summed E-state index contributed by atoms with van der Waals surface area (Å²) in [7, 11) is 0. The van der Waals surface area contributed by atoms with Crippen LogP contribution in [0.5, 0.6) is 0 Å². The number of hydrogen-bond acceptors (Lipinski definition) is 3. The van der Waals surface area contributed by atoms with Crippen molar-refractivity contribution in [3.8, 4) is 0 Å². The Hall–Kier alpha value is -2.86. The maximum atomic E-state index is 12.8. The van der Waals surface area contributed by atoms with E-state index in [0.29, 0.717) is 0 Å². The third kappa shape index (κ3) is 3.49. The Morgan fingerprint density at radius 2 is 1.91 bits per heavy atom. The molecule has 0 aliphatic heterocycles. The second-order valence-corrected chi connectivity index (χ2v) is 5.17. The number of carbonyl (C=O) groups excluding carboxylic acids is 1. The van der Waals surface area contributed by atoms with Gasteiger partial charge in [-0.05, 0) is 48.1 Å². The van der Waals surface area contributed by atoms with Gasteiger partial charge in [-0.2, -0.15) is 0 Å². The van der Waals surface area contributed by atoms with E-state index in [9.17, 15) is 9.18 Å². The fraction of sp³-hybridized carbons (Fsp3) is 0. The van der Waals surface area contributed by atoms with Crippen LogP contribution < -0.4 is 5.32 Å². The molecule has 0 unspecified atom stereocenters. The number of rotatable bonds is 2. The van der Waals surface area contributed by atoms with Crippen molar-refractivity contribution in [2.75, 3.05) is 0 Å². The van der Waals surface area contributed by atoms with Gasteiger partial charge in [0.25, 0.3) is 0 Å². The standard InChI is InChI=1S/C17H12FN3OS/c18-13-8-5-12(6-9-13)7-10-16(22)20-17(23)21-11-19-14-3-1-2-4-15(14)21/h1-11H,(H,20,22,23). The molecule has 0 radical (unpaired) electrons. The fourth-order valence-electron chi connectivity index (χ4n) is 2.07. The van der Waals surface area contributed by atoms with Crippen LogP contribution in [-0.4, -0.2) is 20.6 Å². The minimum Gasteiger partial charge on any atom is -0.299 e. The molecule has 0 saturated carbocycles. The first-order valence-corrected chi connectivity index (χ1v) is 7.25. The van der Waals surface area contributed by atoms with Crippen molar-refractivity contribution < 1.29 is 9.18 Å². The number of para-hydroxylation sites is 2. The highest BCUT2D eigenvalue weighted by atomic mass is 32.1. The number of amides is 1. The predicted molar refractivity (Wildman–Crippen MR) is 91.3 cm³/mol. The van der Waals surface area contributed by atoms with E-state index >= 15 is 0 Å². The maximum Gasteiger partial charge on any atom is 0.250 e. The van der Waals surface area contributed by atoms with Crippen molar-refractivity contribution in [2.45, 2.75) is 0 Å². The zero-order chi connectivity index (χ0) is 16.2. The van der Waals surface area contributed by atoms with Crippen molar-refractivity contribution >= 4 is 40.3 Å². The second-order valence-electron chi connectivity index (χ2n) is 4.78. The van der Waals surface area contributed by atoms with Gasteiger partial charge in [0.05, 0.1) is 11.0 Å². The SMILES string of the molecule is O=C(C=Cc1ccc(F)cc1)NC(=S)n1cnc2ccccc21. The van der Waals surface area contributed by atoms with Crippen LogP contribution in [0.1, 0.15) is 5.56 Å². The van der Waals surface area contributed by atoms with Gasteiger partial charge in [0.1, 0.15) is 12.1 Å². The molecule has 0 atom stereocenters. The van der Waals surface area contributed by atoms with E-state index in [1.54, 1.807) is 29.1 Å². The lowest BCUT2D eigenvalue weighted by Gasteiger charge is -2.06. The molecule has 1 N–H and O–H groups in total. The van der Waals surface area contributed by atoms with E-state index in [1.165, 1.54) is 18.2 Å². The molecule has 3 rings (SSSR count). The van der Waals surface area contributed by atoms with Gasteiger partial charge in [-0.1, -0.05) is 24.3 Å². The summed E-state index contributed by atoms with van der Waals surface area (Å²) >= 11 is 5.23. The number of benzene rings is 2. The molecule has 0 saturated heterocycles. The zero-order valence-corrected chi connectivity index (χ0v) is 12.8. The Morgan fingerprint density at radius 3 is 2.70 bits per heavy atom. The predicted octanol–water partition coefficient (Wildman–Crippen LogP) is 3.14. The normalized spacial score (nSPS) is 11.0. The maximum absolute atomic E-state index is 12.8. The zero-order valence-electron chi connectivity index (χ0n) is 11.9. The number of imidazole rings is 1. The molecule has 4 nitrogen and oxygen atoms in total. The molecule has 2 aromatic carbocycles. The van der Waals surface area contributed by atoms with Gasteiger partial charge < -0.3 is 0 Å². The molecule has 0 spiro atoms. The number of aromatic nitrogens is 2. The Balaban J connectivity index is 1.70. The third-order valence-electron chi connectivity index (χ3n) is 3.20. The molecule has 3 aromatic rings. The number of carbonyl (C=O) groups is 1. The first kappa shape index (κ1) is 15.1. The van der Waals surface area contributed by atoms with Crippen molar-refractivity contribution in [1.29, 1.82) is 0 Å². The monoisotopic (exact) mass is 325 g/mol. The van der Waals surface area contributed by atoms with E-state index < -0.39 is 0 Å².